The predicted molar refractivity (Wildman–Crippen MR) is 97.0 cm³/mol. The lowest BCUT2D eigenvalue weighted by Gasteiger charge is -2.17. The zero-order valence-corrected chi connectivity index (χ0v) is 14.8. The lowest BCUT2D eigenvalue weighted by atomic mass is 10.0. The summed E-state index contributed by atoms with van der Waals surface area (Å²) in [5.41, 5.74) is 2.08. The Morgan fingerprint density at radius 3 is 2.40 bits per heavy atom. The van der Waals surface area contributed by atoms with Crippen molar-refractivity contribution in [2.75, 3.05) is 18.9 Å². The maximum Gasteiger partial charge on any atom is 0.254 e. The number of carbonyl (C=O) groups is 2. The fourth-order valence-electron chi connectivity index (χ4n) is 2.53. The zero-order chi connectivity index (χ0) is 18.4. The number of benzene rings is 2. The quantitative estimate of drug-likeness (QED) is 0.869. The maximum atomic E-state index is 13.1. The van der Waals surface area contributed by atoms with Crippen molar-refractivity contribution >= 4 is 17.5 Å². The van der Waals surface area contributed by atoms with E-state index in [4.69, 9.17) is 0 Å². The van der Waals surface area contributed by atoms with Crippen molar-refractivity contribution in [3.05, 3.63) is 65.5 Å². The molecule has 0 radical (unpaired) electrons. The second kappa shape index (κ2) is 8.42. The minimum Gasteiger partial charge on any atom is -0.332 e. The van der Waals surface area contributed by atoms with E-state index < -0.39 is 5.82 Å². The van der Waals surface area contributed by atoms with Gasteiger partial charge >= 0.3 is 0 Å². The first kappa shape index (κ1) is 18.6. The standard InChI is InChI=1S/C20H23FN2O2/c1-14(2)11-15-7-9-16(10-8-15)20(25)23(3)13-19(24)22-18-6-4-5-17(21)12-18/h4-10,12,14H,11,13H2,1-3H3,(H,22,24). The highest BCUT2D eigenvalue weighted by molar-refractivity contribution is 5.99. The molecule has 25 heavy (non-hydrogen) atoms. The van der Waals surface area contributed by atoms with Gasteiger partial charge in [-0.05, 0) is 48.2 Å². The molecule has 0 spiro atoms. The van der Waals surface area contributed by atoms with Gasteiger partial charge in [0.2, 0.25) is 5.91 Å². The average Bonchev–Trinajstić information content (AvgIpc) is 2.54. The van der Waals surface area contributed by atoms with Gasteiger partial charge < -0.3 is 10.2 Å². The minimum atomic E-state index is -0.427. The van der Waals surface area contributed by atoms with Gasteiger partial charge in [0.05, 0.1) is 6.54 Å². The van der Waals surface area contributed by atoms with E-state index in [0.717, 1.165) is 6.42 Å². The van der Waals surface area contributed by atoms with Crippen molar-refractivity contribution in [2.24, 2.45) is 5.92 Å². The number of amides is 2. The minimum absolute atomic E-state index is 0.108. The molecule has 0 aliphatic rings. The summed E-state index contributed by atoms with van der Waals surface area (Å²) in [6.07, 6.45) is 0.959. The second-order valence-corrected chi connectivity index (χ2v) is 6.51. The topological polar surface area (TPSA) is 49.4 Å². The SMILES string of the molecule is CC(C)Cc1ccc(C(=O)N(C)CC(=O)Nc2cccc(F)c2)cc1. The predicted octanol–water partition coefficient (Wildman–Crippen LogP) is 3.73. The molecule has 0 fully saturated rings. The maximum absolute atomic E-state index is 13.1. The van der Waals surface area contributed by atoms with Crippen LogP contribution in [-0.2, 0) is 11.2 Å². The summed E-state index contributed by atoms with van der Waals surface area (Å²) in [7, 11) is 1.56. The van der Waals surface area contributed by atoms with E-state index >= 15 is 0 Å². The van der Waals surface area contributed by atoms with Crippen LogP contribution in [0.5, 0.6) is 0 Å². The normalized spacial score (nSPS) is 10.6. The van der Waals surface area contributed by atoms with Crippen molar-refractivity contribution in [3.63, 3.8) is 0 Å². The molecule has 2 amide bonds. The Hall–Kier alpha value is -2.69. The van der Waals surface area contributed by atoms with Gasteiger partial charge in [0, 0.05) is 18.3 Å². The van der Waals surface area contributed by atoms with Gasteiger partial charge in [-0.25, -0.2) is 4.39 Å². The third-order valence-electron chi connectivity index (χ3n) is 3.68. The number of nitrogens with one attached hydrogen (secondary N) is 1. The van der Waals surface area contributed by atoms with Crippen LogP contribution < -0.4 is 5.32 Å². The Bertz CT molecular complexity index is 742. The van der Waals surface area contributed by atoms with Gasteiger partial charge in [-0.3, -0.25) is 9.59 Å². The molecule has 0 aromatic heterocycles. The van der Waals surface area contributed by atoms with Gasteiger partial charge in [0.15, 0.2) is 0 Å². The Morgan fingerprint density at radius 1 is 1.12 bits per heavy atom. The van der Waals surface area contributed by atoms with Gasteiger partial charge in [0.25, 0.3) is 5.91 Å². The fourth-order valence-corrected chi connectivity index (χ4v) is 2.53. The third-order valence-corrected chi connectivity index (χ3v) is 3.68. The first-order valence-corrected chi connectivity index (χ1v) is 8.25. The Morgan fingerprint density at radius 2 is 1.80 bits per heavy atom. The van der Waals surface area contributed by atoms with Crippen LogP contribution in [0.4, 0.5) is 10.1 Å². The number of nitrogens with zero attached hydrogens (tertiary/aromatic N) is 1. The molecule has 0 saturated heterocycles. The molecule has 2 aromatic carbocycles. The number of likely N-dealkylation sites (N-methyl/N-ethyl adjacent to an activating group) is 1. The van der Waals surface area contributed by atoms with E-state index in [-0.39, 0.29) is 18.4 Å². The van der Waals surface area contributed by atoms with E-state index in [9.17, 15) is 14.0 Å². The molecule has 0 heterocycles. The highest BCUT2D eigenvalue weighted by Crippen LogP contribution is 2.12. The van der Waals surface area contributed by atoms with Crippen LogP contribution in [-0.4, -0.2) is 30.3 Å². The summed E-state index contributed by atoms with van der Waals surface area (Å²) < 4.78 is 13.1. The van der Waals surface area contributed by atoms with Gasteiger partial charge in [-0.2, -0.15) is 0 Å². The van der Waals surface area contributed by atoms with Crippen molar-refractivity contribution in [1.82, 2.24) is 4.90 Å². The van der Waals surface area contributed by atoms with Crippen molar-refractivity contribution in [3.8, 4) is 0 Å². The Balaban J connectivity index is 1.94. The molecule has 0 unspecified atom stereocenters. The number of rotatable bonds is 6. The second-order valence-electron chi connectivity index (χ2n) is 6.51. The van der Waals surface area contributed by atoms with Crippen LogP contribution in [0, 0.1) is 11.7 Å². The lowest BCUT2D eigenvalue weighted by Crippen LogP contribution is -2.34. The molecule has 2 rings (SSSR count). The van der Waals surface area contributed by atoms with Gasteiger partial charge in [-0.15, -0.1) is 0 Å². The lowest BCUT2D eigenvalue weighted by molar-refractivity contribution is -0.116. The summed E-state index contributed by atoms with van der Waals surface area (Å²) >= 11 is 0. The number of hydrogen-bond donors (Lipinski definition) is 1. The first-order chi connectivity index (χ1) is 11.8. The average molecular weight is 342 g/mol. The molecule has 5 heteroatoms. The molecule has 0 atom stereocenters. The van der Waals surface area contributed by atoms with E-state index in [1.54, 1.807) is 25.2 Å². The van der Waals surface area contributed by atoms with Crippen LogP contribution in [0.1, 0.15) is 29.8 Å². The van der Waals surface area contributed by atoms with Gasteiger partial charge in [-0.1, -0.05) is 32.0 Å². The van der Waals surface area contributed by atoms with Crippen LogP contribution in [0.2, 0.25) is 0 Å². The van der Waals surface area contributed by atoms with Gasteiger partial charge in [0.1, 0.15) is 5.82 Å². The summed E-state index contributed by atoms with van der Waals surface area (Å²) in [6.45, 7) is 4.18. The molecule has 0 aliphatic heterocycles. The van der Waals surface area contributed by atoms with E-state index in [2.05, 4.69) is 19.2 Å². The first-order valence-electron chi connectivity index (χ1n) is 8.25. The molecule has 0 aliphatic carbocycles. The Kier molecular flexibility index (Phi) is 6.28. The van der Waals surface area contributed by atoms with Crippen molar-refractivity contribution in [2.45, 2.75) is 20.3 Å². The summed E-state index contributed by atoms with van der Waals surface area (Å²) in [4.78, 5) is 25.8. The highest BCUT2D eigenvalue weighted by atomic mass is 19.1. The van der Waals surface area contributed by atoms with Crippen LogP contribution in [0.25, 0.3) is 0 Å². The number of halogens is 1. The molecule has 0 bridgehead atoms. The molecular formula is C20H23FN2O2. The van der Waals surface area contributed by atoms with E-state index in [0.29, 0.717) is 17.2 Å². The monoisotopic (exact) mass is 342 g/mol. The number of hydrogen-bond acceptors (Lipinski definition) is 2. The fraction of sp³-hybridized carbons (Fsp3) is 0.300. The molecule has 132 valence electrons. The zero-order valence-electron chi connectivity index (χ0n) is 14.8. The van der Waals surface area contributed by atoms with E-state index in [1.165, 1.54) is 28.7 Å². The van der Waals surface area contributed by atoms with Crippen molar-refractivity contribution < 1.29 is 14.0 Å². The molecule has 0 saturated carbocycles. The van der Waals surface area contributed by atoms with E-state index in [1.807, 2.05) is 12.1 Å². The smallest absolute Gasteiger partial charge is 0.254 e. The third kappa shape index (κ3) is 5.71. The van der Waals surface area contributed by atoms with Crippen LogP contribution in [0.15, 0.2) is 48.5 Å². The highest BCUT2D eigenvalue weighted by Gasteiger charge is 2.15. The summed E-state index contributed by atoms with van der Waals surface area (Å²) in [6, 6.07) is 13.1. The largest absolute Gasteiger partial charge is 0.332 e. The molecule has 4 nitrogen and oxygen atoms in total. The number of carbonyl (C=O) groups excluding carboxylic acids is 2. The molecular weight excluding hydrogens is 319 g/mol. The Labute approximate surface area is 147 Å². The summed E-state index contributed by atoms with van der Waals surface area (Å²) in [5, 5.41) is 2.58. The van der Waals surface area contributed by atoms with Crippen LogP contribution >= 0.6 is 0 Å². The molecule has 1 N–H and O–H groups in total. The molecule has 2 aromatic rings. The number of anilines is 1. The van der Waals surface area contributed by atoms with Crippen molar-refractivity contribution in [1.29, 1.82) is 0 Å². The summed E-state index contributed by atoms with van der Waals surface area (Å²) in [5.74, 6) is -0.483. The van der Waals surface area contributed by atoms with Crippen LogP contribution in [0.3, 0.4) is 0 Å².